The maximum absolute atomic E-state index is 5.49. The van der Waals surface area contributed by atoms with Crippen molar-refractivity contribution in [2.75, 3.05) is 6.61 Å². The van der Waals surface area contributed by atoms with Crippen LogP contribution in [0.15, 0.2) is 24.3 Å². The van der Waals surface area contributed by atoms with Crippen LogP contribution < -0.4 is 4.74 Å². The van der Waals surface area contributed by atoms with Gasteiger partial charge in [-0.1, -0.05) is 12.2 Å². The molecule has 2 heterocycles. The predicted octanol–water partition coefficient (Wildman–Crippen LogP) is 3.05. The quantitative estimate of drug-likeness (QED) is 0.783. The minimum atomic E-state index is 0.619. The van der Waals surface area contributed by atoms with Crippen molar-refractivity contribution < 1.29 is 4.74 Å². The van der Waals surface area contributed by atoms with Crippen molar-refractivity contribution in [2.45, 2.75) is 13.3 Å². The monoisotopic (exact) mass is 244 g/mol. The summed E-state index contributed by atoms with van der Waals surface area (Å²) in [5.41, 5.74) is 3.40. The number of benzene rings is 1. The fraction of sp³-hybridized carbons (Fsp3) is 0.231. The van der Waals surface area contributed by atoms with E-state index in [1.165, 1.54) is 5.56 Å². The lowest BCUT2D eigenvalue weighted by Crippen LogP contribution is -1.91. The molecule has 0 atom stereocenters. The van der Waals surface area contributed by atoms with E-state index < -0.39 is 0 Å². The number of H-pyrrole nitrogens is 1. The summed E-state index contributed by atoms with van der Waals surface area (Å²) in [5.74, 6) is 1.84. The Balaban J connectivity index is 2.12. The highest BCUT2D eigenvalue weighted by molar-refractivity contribution is 7.71. The van der Waals surface area contributed by atoms with E-state index in [0.29, 0.717) is 4.64 Å². The summed E-state index contributed by atoms with van der Waals surface area (Å²) >= 11 is 5.13. The zero-order valence-corrected chi connectivity index (χ0v) is 10.3. The number of hydrogen-bond donors (Lipinski definition) is 1. The first-order chi connectivity index (χ1) is 8.22. The molecule has 0 spiro atoms. The van der Waals surface area contributed by atoms with Gasteiger partial charge in [-0.3, -0.25) is 0 Å². The number of aromatic nitrogens is 2. The Morgan fingerprint density at radius 3 is 3.06 bits per heavy atom. The summed E-state index contributed by atoms with van der Waals surface area (Å²) in [6.45, 7) is 2.69. The highest BCUT2D eigenvalue weighted by Gasteiger charge is 2.12. The van der Waals surface area contributed by atoms with E-state index in [4.69, 9.17) is 17.0 Å². The van der Waals surface area contributed by atoms with Crippen LogP contribution in [0.25, 0.3) is 11.3 Å². The average Bonchev–Trinajstić information content (AvgIpc) is 2.74. The van der Waals surface area contributed by atoms with Crippen molar-refractivity contribution in [1.82, 2.24) is 9.97 Å². The third kappa shape index (κ3) is 1.96. The van der Waals surface area contributed by atoms with Crippen molar-refractivity contribution in [3.63, 3.8) is 0 Å². The van der Waals surface area contributed by atoms with E-state index in [2.05, 4.69) is 16.0 Å². The van der Waals surface area contributed by atoms with E-state index in [-0.39, 0.29) is 0 Å². The molecule has 0 bridgehead atoms. The van der Waals surface area contributed by atoms with E-state index >= 15 is 0 Å². The van der Waals surface area contributed by atoms with Crippen LogP contribution in [0.3, 0.4) is 0 Å². The third-order valence-corrected chi connectivity index (χ3v) is 3.07. The molecule has 1 aromatic carbocycles. The molecule has 1 N–H and O–H groups in total. The van der Waals surface area contributed by atoms with Gasteiger partial charge in [-0.2, -0.15) is 0 Å². The lowest BCUT2D eigenvalue weighted by Gasteiger charge is -2.05. The maximum Gasteiger partial charge on any atom is 0.130 e. The standard InChI is InChI=1S/C13H12N2OS/c1-8-14-11(7-13(17)15-8)9-2-3-12-10(6-9)4-5-16-12/h2-3,6-7H,4-5H2,1H3,(H,14,15,17). The fourth-order valence-electron chi connectivity index (χ4n) is 2.09. The van der Waals surface area contributed by atoms with Crippen LogP contribution in [0.1, 0.15) is 11.4 Å². The number of rotatable bonds is 1. The Morgan fingerprint density at radius 1 is 1.35 bits per heavy atom. The Hall–Kier alpha value is -1.68. The van der Waals surface area contributed by atoms with Gasteiger partial charge < -0.3 is 9.72 Å². The first kappa shape index (κ1) is 10.5. The first-order valence-electron chi connectivity index (χ1n) is 5.56. The minimum absolute atomic E-state index is 0.619. The molecule has 0 aliphatic carbocycles. The van der Waals surface area contributed by atoms with Crippen molar-refractivity contribution >= 4 is 12.2 Å². The molecule has 3 nitrogen and oxygen atoms in total. The number of fused-ring (bicyclic) bond motifs is 1. The molecule has 1 aliphatic rings. The largest absolute Gasteiger partial charge is 0.493 e. The molecule has 2 aromatic rings. The van der Waals surface area contributed by atoms with Crippen molar-refractivity contribution in [2.24, 2.45) is 0 Å². The molecule has 0 unspecified atom stereocenters. The number of aryl methyl sites for hydroxylation is 1. The zero-order valence-electron chi connectivity index (χ0n) is 9.49. The summed E-state index contributed by atoms with van der Waals surface area (Å²) in [7, 11) is 0. The van der Waals surface area contributed by atoms with E-state index in [1.807, 2.05) is 25.1 Å². The van der Waals surface area contributed by atoms with Crippen LogP contribution in [0, 0.1) is 11.6 Å². The maximum atomic E-state index is 5.49. The summed E-state index contributed by atoms with van der Waals surface area (Å²) in [4.78, 5) is 7.40. The molecule has 86 valence electrons. The summed E-state index contributed by atoms with van der Waals surface area (Å²) in [6, 6.07) is 8.11. The number of ether oxygens (including phenoxy) is 1. The second-order valence-corrected chi connectivity index (χ2v) is 4.56. The molecule has 1 aliphatic heterocycles. The Bertz CT molecular complexity index is 634. The SMILES string of the molecule is Cc1nc(=S)cc(-c2ccc3c(c2)CCO3)[nH]1. The van der Waals surface area contributed by atoms with Crippen molar-refractivity contribution in [3.8, 4) is 17.0 Å². The Labute approximate surface area is 104 Å². The first-order valence-corrected chi connectivity index (χ1v) is 5.97. The normalized spacial score (nSPS) is 13.2. The number of hydrogen-bond acceptors (Lipinski definition) is 3. The van der Waals surface area contributed by atoms with Crippen LogP contribution in [0.4, 0.5) is 0 Å². The summed E-state index contributed by atoms with van der Waals surface area (Å²) in [5, 5.41) is 0. The second-order valence-electron chi connectivity index (χ2n) is 4.14. The smallest absolute Gasteiger partial charge is 0.130 e. The molecule has 3 rings (SSSR count). The van der Waals surface area contributed by atoms with Gasteiger partial charge in [-0.05, 0) is 42.3 Å². The van der Waals surface area contributed by atoms with E-state index in [0.717, 1.165) is 35.9 Å². The molecule has 0 saturated heterocycles. The molecule has 4 heteroatoms. The lowest BCUT2D eigenvalue weighted by atomic mass is 10.1. The van der Waals surface area contributed by atoms with Gasteiger partial charge in [0, 0.05) is 12.1 Å². The second kappa shape index (κ2) is 3.96. The van der Waals surface area contributed by atoms with Gasteiger partial charge in [-0.25, -0.2) is 4.98 Å². The summed E-state index contributed by atoms with van der Waals surface area (Å²) < 4.78 is 6.11. The van der Waals surface area contributed by atoms with Gasteiger partial charge in [0.1, 0.15) is 16.2 Å². The summed E-state index contributed by atoms with van der Waals surface area (Å²) in [6.07, 6.45) is 0.980. The van der Waals surface area contributed by atoms with Crippen LogP contribution in [-0.4, -0.2) is 16.6 Å². The predicted molar refractivity (Wildman–Crippen MR) is 68.8 cm³/mol. The molecule has 1 aromatic heterocycles. The molecule has 0 fully saturated rings. The van der Waals surface area contributed by atoms with Crippen molar-refractivity contribution in [1.29, 1.82) is 0 Å². The van der Waals surface area contributed by atoms with Gasteiger partial charge in [0.15, 0.2) is 0 Å². The van der Waals surface area contributed by atoms with E-state index in [9.17, 15) is 0 Å². The lowest BCUT2D eigenvalue weighted by molar-refractivity contribution is 0.357. The molecule has 0 amide bonds. The number of nitrogens with zero attached hydrogens (tertiary/aromatic N) is 1. The van der Waals surface area contributed by atoms with Crippen molar-refractivity contribution in [3.05, 3.63) is 40.3 Å². The van der Waals surface area contributed by atoms with Gasteiger partial charge in [0.05, 0.1) is 6.61 Å². The van der Waals surface area contributed by atoms with Gasteiger partial charge in [0.25, 0.3) is 0 Å². The molecule has 0 saturated carbocycles. The van der Waals surface area contributed by atoms with Crippen LogP contribution in [-0.2, 0) is 6.42 Å². The van der Waals surface area contributed by atoms with E-state index in [1.54, 1.807) is 0 Å². The number of aromatic amines is 1. The molecule has 17 heavy (non-hydrogen) atoms. The highest BCUT2D eigenvalue weighted by Crippen LogP contribution is 2.29. The fourth-order valence-corrected chi connectivity index (χ4v) is 2.34. The molecule has 0 radical (unpaired) electrons. The Kier molecular flexibility index (Phi) is 2.44. The van der Waals surface area contributed by atoms with Crippen LogP contribution in [0.5, 0.6) is 5.75 Å². The van der Waals surface area contributed by atoms with Gasteiger partial charge in [0.2, 0.25) is 0 Å². The van der Waals surface area contributed by atoms with Gasteiger partial charge >= 0.3 is 0 Å². The van der Waals surface area contributed by atoms with Crippen LogP contribution in [0.2, 0.25) is 0 Å². The molecular formula is C13H12N2OS. The third-order valence-electron chi connectivity index (χ3n) is 2.86. The van der Waals surface area contributed by atoms with Gasteiger partial charge in [-0.15, -0.1) is 0 Å². The zero-order chi connectivity index (χ0) is 11.8. The minimum Gasteiger partial charge on any atom is -0.493 e. The number of nitrogens with one attached hydrogen (secondary N) is 1. The van der Waals surface area contributed by atoms with Crippen LogP contribution >= 0.6 is 12.2 Å². The highest BCUT2D eigenvalue weighted by atomic mass is 32.1. The topological polar surface area (TPSA) is 37.9 Å². The average molecular weight is 244 g/mol. The Morgan fingerprint density at radius 2 is 2.24 bits per heavy atom. The molecular weight excluding hydrogens is 232 g/mol.